The van der Waals surface area contributed by atoms with Gasteiger partial charge in [-0.3, -0.25) is 9.69 Å². The molecule has 18 heavy (non-hydrogen) atoms. The number of nitrogens with one attached hydrogen (secondary N) is 1. The second kappa shape index (κ2) is 5.82. The SMILES string of the molecule is CCc1ccc(C(C)N2CCNCC2C(=O)O)s1. The predicted octanol–water partition coefficient (Wildman–Crippen LogP) is 1.73. The lowest BCUT2D eigenvalue weighted by Gasteiger charge is -2.37. The van der Waals surface area contributed by atoms with E-state index in [1.54, 1.807) is 11.3 Å². The molecule has 2 rings (SSSR count). The fourth-order valence-electron chi connectivity index (χ4n) is 2.39. The van der Waals surface area contributed by atoms with Gasteiger partial charge in [-0.2, -0.15) is 0 Å². The Morgan fingerprint density at radius 1 is 1.67 bits per heavy atom. The maximum Gasteiger partial charge on any atom is 0.322 e. The molecule has 0 saturated carbocycles. The van der Waals surface area contributed by atoms with Crippen LogP contribution in [0.4, 0.5) is 0 Å². The molecular weight excluding hydrogens is 248 g/mol. The first-order valence-electron chi connectivity index (χ1n) is 6.41. The first kappa shape index (κ1) is 13.5. The van der Waals surface area contributed by atoms with Crippen molar-refractivity contribution < 1.29 is 9.90 Å². The molecule has 1 aromatic rings. The van der Waals surface area contributed by atoms with Crippen LogP contribution in [0.2, 0.25) is 0 Å². The summed E-state index contributed by atoms with van der Waals surface area (Å²) in [5.41, 5.74) is 0. The molecular formula is C13H20N2O2S. The third kappa shape index (κ3) is 2.74. The van der Waals surface area contributed by atoms with Gasteiger partial charge in [-0.15, -0.1) is 11.3 Å². The first-order chi connectivity index (χ1) is 8.63. The van der Waals surface area contributed by atoms with Crippen molar-refractivity contribution in [1.29, 1.82) is 0 Å². The monoisotopic (exact) mass is 268 g/mol. The molecule has 0 amide bonds. The average Bonchev–Trinajstić information content (AvgIpc) is 2.86. The lowest BCUT2D eigenvalue weighted by molar-refractivity contribution is -0.145. The summed E-state index contributed by atoms with van der Waals surface area (Å²) in [6.45, 7) is 6.43. The van der Waals surface area contributed by atoms with Crippen molar-refractivity contribution in [3.63, 3.8) is 0 Å². The number of carboxylic acid groups (broad SMARTS) is 1. The predicted molar refractivity (Wildman–Crippen MR) is 73.1 cm³/mol. The standard InChI is InChI=1S/C13H20N2O2S/c1-3-10-4-5-12(18-10)9(2)15-7-6-14-8-11(15)13(16)17/h4-5,9,11,14H,3,6-8H2,1-2H3,(H,16,17). The Balaban J connectivity index is 2.14. The lowest BCUT2D eigenvalue weighted by Crippen LogP contribution is -2.55. The van der Waals surface area contributed by atoms with E-state index in [9.17, 15) is 9.90 Å². The molecule has 2 atom stereocenters. The van der Waals surface area contributed by atoms with E-state index in [0.29, 0.717) is 6.54 Å². The zero-order valence-electron chi connectivity index (χ0n) is 10.8. The van der Waals surface area contributed by atoms with Gasteiger partial charge in [0.2, 0.25) is 0 Å². The number of aryl methyl sites for hydroxylation is 1. The van der Waals surface area contributed by atoms with Crippen LogP contribution in [0.3, 0.4) is 0 Å². The normalized spacial score (nSPS) is 22.9. The summed E-state index contributed by atoms with van der Waals surface area (Å²) >= 11 is 1.79. The van der Waals surface area contributed by atoms with Crippen LogP contribution >= 0.6 is 11.3 Å². The van der Waals surface area contributed by atoms with Gasteiger partial charge >= 0.3 is 5.97 Å². The van der Waals surface area contributed by atoms with Gasteiger partial charge in [0.05, 0.1) is 0 Å². The van der Waals surface area contributed by atoms with Gasteiger partial charge in [-0.1, -0.05) is 6.92 Å². The summed E-state index contributed by atoms with van der Waals surface area (Å²) < 4.78 is 0. The number of carbonyl (C=O) groups is 1. The number of rotatable bonds is 4. The Labute approximate surface area is 112 Å². The Kier molecular flexibility index (Phi) is 4.37. The number of nitrogens with zero attached hydrogens (tertiary/aromatic N) is 1. The van der Waals surface area contributed by atoms with Crippen LogP contribution in [-0.4, -0.2) is 41.7 Å². The van der Waals surface area contributed by atoms with Crippen molar-refractivity contribution in [1.82, 2.24) is 10.2 Å². The third-order valence-electron chi connectivity index (χ3n) is 3.51. The van der Waals surface area contributed by atoms with Crippen LogP contribution in [0.1, 0.15) is 29.6 Å². The summed E-state index contributed by atoms with van der Waals surface area (Å²) in [4.78, 5) is 16.0. The van der Waals surface area contributed by atoms with Crippen LogP contribution in [0.5, 0.6) is 0 Å². The van der Waals surface area contributed by atoms with E-state index in [4.69, 9.17) is 0 Å². The van der Waals surface area contributed by atoms with Crippen molar-refractivity contribution in [2.75, 3.05) is 19.6 Å². The lowest BCUT2D eigenvalue weighted by atomic mass is 10.1. The zero-order valence-corrected chi connectivity index (χ0v) is 11.7. The highest BCUT2D eigenvalue weighted by atomic mass is 32.1. The number of piperazine rings is 1. The van der Waals surface area contributed by atoms with E-state index < -0.39 is 12.0 Å². The summed E-state index contributed by atoms with van der Waals surface area (Å²) in [5, 5.41) is 12.4. The van der Waals surface area contributed by atoms with Crippen LogP contribution in [-0.2, 0) is 11.2 Å². The molecule has 1 saturated heterocycles. The van der Waals surface area contributed by atoms with Crippen molar-refractivity contribution >= 4 is 17.3 Å². The molecule has 0 aliphatic carbocycles. The van der Waals surface area contributed by atoms with Crippen LogP contribution < -0.4 is 5.32 Å². The molecule has 2 N–H and O–H groups in total. The molecule has 4 nitrogen and oxygen atoms in total. The van der Waals surface area contributed by atoms with Gasteiger partial charge in [-0.25, -0.2) is 0 Å². The largest absolute Gasteiger partial charge is 0.480 e. The molecule has 2 unspecified atom stereocenters. The van der Waals surface area contributed by atoms with Crippen molar-refractivity contribution in [3.8, 4) is 0 Å². The molecule has 0 radical (unpaired) electrons. The van der Waals surface area contributed by atoms with E-state index in [1.165, 1.54) is 9.75 Å². The van der Waals surface area contributed by atoms with E-state index in [0.717, 1.165) is 19.5 Å². The molecule has 1 aromatic heterocycles. The Hall–Kier alpha value is -0.910. The van der Waals surface area contributed by atoms with E-state index in [2.05, 4.69) is 36.2 Å². The average molecular weight is 268 g/mol. The summed E-state index contributed by atoms with van der Waals surface area (Å²) in [6, 6.07) is 4.04. The number of hydrogen-bond acceptors (Lipinski definition) is 4. The number of thiophene rings is 1. The van der Waals surface area contributed by atoms with Gasteiger partial charge in [0.15, 0.2) is 0 Å². The first-order valence-corrected chi connectivity index (χ1v) is 7.23. The quantitative estimate of drug-likeness (QED) is 0.873. The molecule has 1 aliphatic heterocycles. The minimum atomic E-state index is -0.735. The minimum absolute atomic E-state index is 0.179. The Bertz CT molecular complexity index is 419. The summed E-state index contributed by atoms with van der Waals surface area (Å²) in [6.07, 6.45) is 1.04. The van der Waals surface area contributed by atoms with Gasteiger partial charge in [0.1, 0.15) is 6.04 Å². The molecule has 100 valence electrons. The zero-order chi connectivity index (χ0) is 13.1. The molecule has 1 aliphatic rings. The highest BCUT2D eigenvalue weighted by molar-refractivity contribution is 7.12. The fourth-order valence-corrected chi connectivity index (χ4v) is 3.41. The second-order valence-corrected chi connectivity index (χ2v) is 5.83. The highest BCUT2D eigenvalue weighted by Crippen LogP contribution is 2.29. The minimum Gasteiger partial charge on any atom is -0.480 e. The smallest absolute Gasteiger partial charge is 0.322 e. The van der Waals surface area contributed by atoms with Crippen molar-refractivity contribution in [2.24, 2.45) is 0 Å². The van der Waals surface area contributed by atoms with Gasteiger partial charge in [-0.05, 0) is 25.5 Å². The summed E-state index contributed by atoms with van der Waals surface area (Å²) in [7, 11) is 0. The van der Waals surface area contributed by atoms with E-state index >= 15 is 0 Å². The number of aliphatic carboxylic acids is 1. The van der Waals surface area contributed by atoms with Crippen molar-refractivity contribution in [3.05, 3.63) is 21.9 Å². The van der Waals surface area contributed by atoms with Gasteiger partial charge < -0.3 is 10.4 Å². The Morgan fingerprint density at radius 2 is 2.44 bits per heavy atom. The van der Waals surface area contributed by atoms with Crippen LogP contribution in [0, 0.1) is 0 Å². The number of carboxylic acids is 1. The molecule has 1 fully saturated rings. The maximum atomic E-state index is 11.3. The van der Waals surface area contributed by atoms with Gasteiger partial charge in [0, 0.05) is 35.4 Å². The van der Waals surface area contributed by atoms with E-state index in [1.807, 2.05) is 0 Å². The molecule has 2 heterocycles. The fraction of sp³-hybridized carbons (Fsp3) is 0.615. The Morgan fingerprint density at radius 3 is 3.06 bits per heavy atom. The summed E-state index contributed by atoms with van der Waals surface area (Å²) in [5.74, 6) is -0.735. The molecule has 5 heteroatoms. The molecule has 0 aromatic carbocycles. The van der Waals surface area contributed by atoms with E-state index in [-0.39, 0.29) is 6.04 Å². The van der Waals surface area contributed by atoms with Gasteiger partial charge in [0.25, 0.3) is 0 Å². The van der Waals surface area contributed by atoms with Crippen molar-refractivity contribution in [2.45, 2.75) is 32.4 Å². The number of hydrogen-bond donors (Lipinski definition) is 2. The van der Waals surface area contributed by atoms with Crippen LogP contribution in [0.25, 0.3) is 0 Å². The second-order valence-electron chi connectivity index (χ2n) is 4.63. The highest BCUT2D eigenvalue weighted by Gasteiger charge is 2.32. The maximum absolute atomic E-state index is 11.3. The topological polar surface area (TPSA) is 52.6 Å². The third-order valence-corrected chi connectivity index (χ3v) is 4.91. The molecule has 0 spiro atoms. The molecule has 0 bridgehead atoms. The van der Waals surface area contributed by atoms with Crippen LogP contribution in [0.15, 0.2) is 12.1 Å².